The molecule has 0 heterocycles. The van der Waals surface area contributed by atoms with Gasteiger partial charge in [-0.2, -0.15) is 0 Å². The predicted molar refractivity (Wildman–Crippen MR) is 65.4 cm³/mol. The van der Waals surface area contributed by atoms with Crippen LogP contribution in [0.2, 0.25) is 0 Å². The second-order valence-electron chi connectivity index (χ2n) is 4.66. The number of aromatic hydroxyl groups is 1. The molecule has 0 fully saturated rings. The Bertz CT molecular complexity index is 380. The smallest absolute Gasteiger partial charge is 0.123 e. The number of aliphatic hydroxyl groups is 1. The van der Waals surface area contributed by atoms with E-state index in [1.165, 1.54) is 18.2 Å². The van der Waals surface area contributed by atoms with Gasteiger partial charge in [0.2, 0.25) is 0 Å². The fourth-order valence-electron chi connectivity index (χ4n) is 1.48. The van der Waals surface area contributed by atoms with Crippen molar-refractivity contribution in [2.24, 2.45) is 0 Å². The van der Waals surface area contributed by atoms with Crippen molar-refractivity contribution in [2.45, 2.75) is 38.8 Å². The molecule has 1 rings (SSSR count). The lowest BCUT2D eigenvalue weighted by atomic mass is 10.0. The molecule has 1 aromatic carbocycles. The number of halogens is 1. The van der Waals surface area contributed by atoms with E-state index in [0.717, 1.165) is 0 Å². The van der Waals surface area contributed by atoms with Gasteiger partial charge in [-0.3, -0.25) is 0 Å². The molecular weight excluding hydrogens is 221 g/mol. The van der Waals surface area contributed by atoms with Gasteiger partial charge in [0.15, 0.2) is 0 Å². The van der Waals surface area contributed by atoms with Gasteiger partial charge in [-0.05, 0) is 38.5 Å². The van der Waals surface area contributed by atoms with Gasteiger partial charge in [-0.1, -0.05) is 6.92 Å². The highest BCUT2D eigenvalue weighted by atomic mass is 19.1. The molecule has 3 nitrogen and oxygen atoms in total. The van der Waals surface area contributed by atoms with E-state index in [0.29, 0.717) is 18.5 Å². The van der Waals surface area contributed by atoms with Gasteiger partial charge in [-0.25, -0.2) is 4.39 Å². The van der Waals surface area contributed by atoms with Crippen molar-refractivity contribution in [3.8, 4) is 5.75 Å². The quantitative estimate of drug-likeness (QED) is 0.741. The first-order chi connectivity index (χ1) is 7.85. The SMILES string of the molecule is CCC(C)(O)CNC(C)c1cc(F)ccc1O. The first-order valence-corrected chi connectivity index (χ1v) is 5.80. The van der Waals surface area contributed by atoms with Gasteiger partial charge in [0, 0.05) is 18.2 Å². The fourth-order valence-corrected chi connectivity index (χ4v) is 1.48. The minimum absolute atomic E-state index is 0.0579. The van der Waals surface area contributed by atoms with Crippen LogP contribution in [0.15, 0.2) is 18.2 Å². The van der Waals surface area contributed by atoms with Crippen molar-refractivity contribution in [3.63, 3.8) is 0 Å². The second-order valence-corrected chi connectivity index (χ2v) is 4.66. The van der Waals surface area contributed by atoms with Gasteiger partial charge >= 0.3 is 0 Å². The molecule has 0 saturated heterocycles. The Kier molecular flexibility index (Phi) is 4.48. The van der Waals surface area contributed by atoms with Crippen molar-refractivity contribution >= 4 is 0 Å². The van der Waals surface area contributed by atoms with Crippen LogP contribution in [0.25, 0.3) is 0 Å². The molecule has 0 bridgehead atoms. The van der Waals surface area contributed by atoms with E-state index in [9.17, 15) is 14.6 Å². The molecule has 0 spiro atoms. The standard InChI is InChI=1S/C13H20FNO2/c1-4-13(3,17)8-15-9(2)11-7-10(14)5-6-12(11)16/h5-7,9,15-17H,4,8H2,1-3H3. The summed E-state index contributed by atoms with van der Waals surface area (Å²) in [7, 11) is 0. The van der Waals surface area contributed by atoms with Crippen LogP contribution in [0, 0.1) is 5.82 Å². The zero-order valence-electron chi connectivity index (χ0n) is 10.5. The number of hydrogen-bond acceptors (Lipinski definition) is 3. The van der Waals surface area contributed by atoms with E-state index in [-0.39, 0.29) is 17.6 Å². The summed E-state index contributed by atoms with van der Waals surface area (Å²) in [5.74, 6) is -0.323. The second kappa shape index (κ2) is 5.47. The molecule has 0 aliphatic rings. The molecule has 2 atom stereocenters. The molecule has 96 valence electrons. The molecule has 0 saturated carbocycles. The average Bonchev–Trinajstić information content (AvgIpc) is 2.29. The number of hydrogen-bond donors (Lipinski definition) is 3. The lowest BCUT2D eigenvalue weighted by Gasteiger charge is -2.25. The highest BCUT2D eigenvalue weighted by Gasteiger charge is 2.19. The Balaban J connectivity index is 2.70. The van der Waals surface area contributed by atoms with Gasteiger partial charge in [0.25, 0.3) is 0 Å². The van der Waals surface area contributed by atoms with Crippen molar-refractivity contribution < 1.29 is 14.6 Å². The maximum Gasteiger partial charge on any atom is 0.123 e. The molecule has 0 aliphatic carbocycles. The van der Waals surface area contributed by atoms with Crippen LogP contribution in [0.3, 0.4) is 0 Å². The van der Waals surface area contributed by atoms with Crippen LogP contribution < -0.4 is 5.32 Å². The number of rotatable bonds is 5. The summed E-state index contributed by atoms with van der Waals surface area (Å²) >= 11 is 0. The van der Waals surface area contributed by atoms with Gasteiger partial charge in [-0.15, -0.1) is 0 Å². The van der Waals surface area contributed by atoms with Crippen LogP contribution in [0.1, 0.15) is 38.8 Å². The molecule has 2 unspecified atom stereocenters. The molecule has 0 radical (unpaired) electrons. The summed E-state index contributed by atoms with van der Waals surface area (Å²) in [6.07, 6.45) is 0.627. The Hall–Kier alpha value is -1.13. The molecule has 0 amide bonds. The maximum absolute atomic E-state index is 13.1. The van der Waals surface area contributed by atoms with E-state index < -0.39 is 5.60 Å². The van der Waals surface area contributed by atoms with E-state index >= 15 is 0 Å². The summed E-state index contributed by atoms with van der Waals surface area (Å²) in [6.45, 7) is 5.84. The summed E-state index contributed by atoms with van der Waals surface area (Å²) in [5.41, 5.74) is -0.297. The highest BCUT2D eigenvalue weighted by Crippen LogP contribution is 2.25. The average molecular weight is 241 g/mol. The van der Waals surface area contributed by atoms with Crippen LogP contribution in [0.4, 0.5) is 4.39 Å². The van der Waals surface area contributed by atoms with Crippen LogP contribution >= 0.6 is 0 Å². The number of benzene rings is 1. The van der Waals surface area contributed by atoms with E-state index in [1.807, 2.05) is 13.8 Å². The largest absolute Gasteiger partial charge is 0.508 e. The topological polar surface area (TPSA) is 52.5 Å². The molecule has 4 heteroatoms. The highest BCUT2D eigenvalue weighted by molar-refractivity contribution is 5.34. The van der Waals surface area contributed by atoms with Gasteiger partial charge in [0.1, 0.15) is 11.6 Å². The normalized spacial score (nSPS) is 16.5. The van der Waals surface area contributed by atoms with Crippen LogP contribution in [-0.4, -0.2) is 22.4 Å². The first kappa shape index (κ1) is 13.9. The Morgan fingerprint density at radius 1 is 1.47 bits per heavy atom. The van der Waals surface area contributed by atoms with Gasteiger partial charge in [0.05, 0.1) is 5.60 Å². The van der Waals surface area contributed by atoms with Crippen molar-refractivity contribution in [3.05, 3.63) is 29.6 Å². The number of phenolic OH excluding ortho intramolecular Hbond substituents is 1. The van der Waals surface area contributed by atoms with Crippen molar-refractivity contribution in [1.82, 2.24) is 5.32 Å². The summed E-state index contributed by atoms with van der Waals surface area (Å²) in [4.78, 5) is 0. The van der Waals surface area contributed by atoms with E-state index in [4.69, 9.17) is 0 Å². The van der Waals surface area contributed by atoms with Gasteiger partial charge < -0.3 is 15.5 Å². The Labute approximate surface area is 101 Å². The van der Waals surface area contributed by atoms with Crippen LogP contribution in [0.5, 0.6) is 5.75 Å². The third-order valence-corrected chi connectivity index (χ3v) is 3.01. The minimum Gasteiger partial charge on any atom is -0.508 e. The Morgan fingerprint density at radius 2 is 2.12 bits per heavy atom. The Morgan fingerprint density at radius 3 is 2.71 bits per heavy atom. The summed E-state index contributed by atoms with van der Waals surface area (Å²) in [6, 6.07) is 3.63. The third kappa shape index (κ3) is 3.98. The zero-order valence-corrected chi connectivity index (χ0v) is 10.5. The zero-order chi connectivity index (χ0) is 13.1. The lowest BCUT2D eigenvalue weighted by Crippen LogP contribution is -2.38. The minimum atomic E-state index is -0.794. The first-order valence-electron chi connectivity index (χ1n) is 5.80. The van der Waals surface area contributed by atoms with Crippen molar-refractivity contribution in [2.75, 3.05) is 6.54 Å². The summed E-state index contributed by atoms with van der Waals surface area (Å²) in [5, 5.41) is 22.5. The van der Waals surface area contributed by atoms with Crippen molar-refractivity contribution in [1.29, 1.82) is 0 Å². The molecular formula is C13H20FNO2. The van der Waals surface area contributed by atoms with E-state index in [2.05, 4.69) is 5.32 Å². The van der Waals surface area contributed by atoms with E-state index in [1.54, 1.807) is 6.92 Å². The number of phenols is 1. The monoisotopic (exact) mass is 241 g/mol. The third-order valence-electron chi connectivity index (χ3n) is 3.01. The number of nitrogens with one attached hydrogen (secondary N) is 1. The molecule has 1 aromatic rings. The van der Waals surface area contributed by atoms with Crippen LogP contribution in [-0.2, 0) is 0 Å². The fraction of sp³-hybridized carbons (Fsp3) is 0.538. The molecule has 3 N–H and O–H groups in total. The summed E-state index contributed by atoms with van der Waals surface area (Å²) < 4.78 is 13.1. The lowest BCUT2D eigenvalue weighted by molar-refractivity contribution is 0.0533. The predicted octanol–water partition coefficient (Wildman–Crippen LogP) is 2.34. The molecule has 17 heavy (non-hydrogen) atoms. The maximum atomic E-state index is 13.1. The molecule has 0 aliphatic heterocycles. The molecule has 0 aromatic heterocycles.